The van der Waals surface area contributed by atoms with Gasteiger partial charge in [-0.15, -0.1) is 0 Å². The van der Waals surface area contributed by atoms with Crippen LogP contribution in [0.3, 0.4) is 0 Å². The van der Waals surface area contributed by atoms with Crippen LogP contribution in [0.4, 0.5) is 4.79 Å². The standard InChI is InChI=1S/C16H21ClN2O3/c1-22-16(21)19-10-2-3-13(11-19)15(20)18-9-8-12-4-6-14(17)7-5-12/h4-7,13H,2-3,8-11H2,1H3,(H,18,20). The van der Waals surface area contributed by atoms with Crippen LogP contribution in [0.5, 0.6) is 0 Å². The maximum atomic E-state index is 12.2. The Kier molecular flexibility index (Phi) is 6.07. The molecule has 120 valence electrons. The van der Waals surface area contributed by atoms with Crippen LogP contribution in [0.1, 0.15) is 18.4 Å². The molecule has 2 rings (SSSR count). The molecule has 1 heterocycles. The van der Waals surface area contributed by atoms with Gasteiger partial charge in [0.2, 0.25) is 5.91 Å². The van der Waals surface area contributed by atoms with Crippen molar-refractivity contribution >= 4 is 23.6 Å². The van der Waals surface area contributed by atoms with E-state index in [4.69, 9.17) is 16.3 Å². The zero-order valence-corrected chi connectivity index (χ0v) is 13.4. The average molecular weight is 325 g/mol. The summed E-state index contributed by atoms with van der Waals surface area (Å²) >= 11 is 5.84. The number of likely N-dealkylation sites (tertiary alicyclic amines) is 1. The second-order valence-electron chi connectivity index (χ2n) is 5.42. The number of hydrogen-bond acceptors (Lipinski definition) is 3. The third-order valence-corrected chi connectivity index (χ3v) is 4.10. The van der Waals surface area contributed by atoms with E-state index in [9.17, 15) is 9.59 Å². The lowest BCUT2D eigenvalue weighted by molar-refractivity contribution is -0.126. The monoisotopic (exact) mass is 324 g/mol. The molecule has 0 aromatic heterocycles. The third-order valence-electron chi connectivity index (χ3n) is 3.85. The lowest BCUT2D eigenvalue weighted by Crippen LogP contribution is -2.45. The summed E-state index contributed by atoms with van der Waals surface area (Å²) in [6, 6.07) is 7.59. The van der Waals surface area contributed by atoms with Crippen molar-refractivity contribution in [2.75, 3.05) is 26.7 Å². The molecule has 0 radical (unpaired) electrons. The molecule has 1 saturated heterocycles. The van der Waals surface area contributed by atoms with E-state index >= 15 is 0 Å². The molecule has 0 spiro atoms. The maximum Gasteiger partial charge on any atom is 0.409 e. The van der Waals surface area contributed by atoms with E-state index in [0.717, 1.165) is 24.8 Å². The summed E-state index contributed by atoms with van der Waals surface area (Å²) < 4.78 is 4.71. The van der Waals surface area contributed by atoms with Crippen LogP contribution in [0.25, 0.3) is 0 Å². The molecule has 0 aliphatic carbocycles. The number of halogens is 1. The van der Waals surface area contributed by atoms with Gasteiger partial charge in [0.05, 0.1) is 13.0 Å². The molecule has 5 nitrogen and oxygen atoms in total. The fraction of sp³-hybridized carbons (Fsp3) is 0.500. The number of carbonyl (C=O) groups excluding carboxylic acids is 2. The van der Waals surface area contributed by atoms with E-state index < -0.39 is 0 Å². The molecule has 1 fully saturated rings. The summed E-state index contributed by atoms with van der Waals surface area (Å²) in [5, 5.41) is 3.65. The first-order chi connectivity index (χ1) is 10.6. The van der Waals surface area contributed by atoms with Crippen molar-refractivity contribution < 1.29 is 14.3 Å². The van der Waals surface area contributed by atoms with Crippen molar-refractivity contribution in [1.82, 2.24) is 10.2 Å². The zero-order chi connectivity index (χ0) is 15.9. The second-order valence-corrected chi connectivity index (χ2v) is 5.86. The number of nitrogens with zero attached hydrogens (tertiary/aromatic N) is 1. The van der Waals surface area contributed by atoms with Gasteiger partial charge in [-0.2, -0.15) is 0 Å². The lowest BCUT2D eigenvalue weighted by Gasteiger charge is -2.30. The van der Waals surface area contributed by atoms with Gasteiger partial charge < -0.3 is 15.0 Å². The summed E-state index contributed by atoms with van der Waals surface area (Å²) in [5.41, 5.74) is 1.13. The number of carbonyl (C=O) groups is 2. The average Bonchev–Trinajstić information content (AvgIpc) is 2.56. The van der Waals surface area contributed by atoms with E-state index in [1.807, 2.05) is 24.3 Å². The van der Waals surface area contributed by atoms with Crippen molar-refractivity contribution in [3.63, 3.8) is 0 Å². The van der Waals surface area contributed by atoms with Gasteiger partial charge in [-0.3, -0.25) is 4.79 Å². The predicted molar refractivity (Wildman–Crippen MR) is 84.9 cm³/mol. The number of benzene rings is 1. The summed E-state index contributed by atoms with van der Waals surface area (Å²) in [7, 11) is 1.36. The van der Waals surface area contributed by atoms with Gasteiger partial charge in [0.15, 0.2) is 0 Å². The fourth-order valence-corrected chi connectivity index (χ4v) is 2.74. The summed E-state index contributed by atoms with van der Waals surface area (Å²) in [4.78, 5) is 25.3. The van der Waals surface area contributed by atoms with Crippen molar-refractivity contribution in [2.45, 2.75) is 19.3 Å². The molecule has 1 aromatic rings. The second kappa shape index (κ2) is 8.03. The summed E-state index contributed by atoms with van der Waals surface area (Å²) in [5.74, 6) is -0.152. The molecule has 0 saturated carbocycles. The van der Waals surface area contributed by atoms with Crippen LogP contribution in [-0.2, 0) is 16.0 Å². The molecule has 1 unspecified atom stereocenters. The number of amides is 2. The smallest absolute Gasteiger partial charge is 0.409 e. The van der Waals surface area contributed by atoms with Crippen LogP contribution >= 0.6 is 11.6 Å². The molecular formula is C16H21ClN2O3. The first-order valence-corrected chi connectivity index (χ1v) is 7.83. The number of methoxy groups -OCH3 is 1. The topological polar surface area (TPSA) is 58.6 Å². The Balaban J connectivity index is 1.77. The summed E-state index contributed by atoms with van der Waals surface area (Å²) in [6.07, 6.45) is 2.03. The van der Waals surface area contributed by atoms with Crippen molar-refractivity contribution in [1.29, 1.82) is 0 Å². The maximum absolute atomic E-state index is 12.2. The van der Waals surface area contributed by atoms with Gasteiger partial charge in [0.1, 0.15) is 0 Å². The van der Waals surface area contributed by atoms with Crippen LogP contribution in [0.15, 0.2) is 24.3 Å². The van der Waals surface area contributed by atoms with Crippen molar-refractivity contribution in [2.24, 2.45) is 5.92 Å². The minimum absolute atomic E-state index is 0.00238. The van der Waals surface area contributed by atoms with Crippen LogP contribution in [-0.4, -0.2) is 43.6 Å². The largest absolute Gasteiger partial charge is 0.453 e. The first kappa shape index (κ1) is 16.6. The van der Waals surface area contributed by atoms with E-state index in [-0.39, 0.29) is 17.9 Å². The third kappa shape index (κ3) is 4.63. The van der Waals surface area contributed by atoms with Crippen LogP contribution in [0.2, 0.25) is 5.02 Å². The highest BCUT2D eigenvalue weighted by Gasteiger charge is 2.28. The molecule has 1 atom stereocenters. The summed E-state index contributed by atoms with van der Waals surface area (Å²) in [6.45, 7) is 1.66. The SMILES string of the molecule is COC(=O)N1CCCC(C(=O)NCCc2ccc(Cl)cc2)C1. The van der Waals surface area contributed by atoms with Gasteiger partial charge in [-0.05, 0) is 37.0 Å². The Morgan fingerprint density at radius 1 is 1.36 bits per heavy atom. The van der Waals surface area contributed by atoms with Gasteiger partial charge in [-0.1, -0.05) is 23.7 Å². The number of piperidine rings is 1. The zero-order valence-electron chi connectivity index (χ0n) is 12.7. The number of ether oxygens (including phenoxy) is 1. The van der Waals surface area contributed by atoms with E-state index in [1.54, 1.807) is 4.90 Å². The normalized spacial score (nSPS) is 17.9. The number of hydrogen-bond donors (Lipinski definition) is 1. The number of nitrogens with one attached hydrogen (secondary N) is 1. The van der Waals surface area contributed by atoms with Gasteiger partial charge >= 0.3 is 6.09 Å². The van der Waals surface area contributed by atoms with Crippen molar-refractivity contribution in [3.8, 4) is 0 Å². The minimum atomic E-state index is -0.362. The van der Waals surface area contributed by atoms with Gasteiger partial charge in [-0.25, -0.2) is 4.79 Å². The van der Waals surface area contributed by atoms with Crippen LogP contribution in [0, 0.1) is 5.92 Å². The predicted octanol–water partition coefficient (Wildman–Crippen LogP) is 2.48. The molecule has 1 aromatic carbocycles. The highest BCUT2D eigenvalue weighted by atomic mass is 35.5. The molecule has 2 amide bonds. The van der Waals surface area contributed by atoms with Crippen molar-refractivity contribution in [3.05, 3.63) is 34.9 Å². The van der Waals surface area contributed by atoms with Gasteiger partial charge in [0, 0.05) is 24.7 Å². The Morgan fingerprint density at radius 2 is 2.09 bits per heavy atom. The molecule has 1 aliphatic heterocycles. The lowest BCUT2D eigenvalue weighted by atomic mass is 9.97. The Labute approximate surface area is 135 Å². The molecular weight excluding hydrogens is 304 g/mol. The highest BCUT2D eigenvalue weighted by Crippen LogP contribution is 2.17. The Hall–Kier alpha value is -1.75. The molecule has 0 bridgehead atoms. The minimum Gasteiger partial charge on any atom is -0.453 e. The van der Waals surface area contributed by atoms with Gasteiger partial charge in [0.25, 0.3) is 0 Å². The fourth-order valence-electron chi connectivity index (χ4n) is 2.61. The number of rotatable bonds is 4. The molecule has 6 heteroatoms. The molecule has 1 aliphatic rings. The van der Waals surface area contributed by atoms with E-state index in [0.29, 0.717) is 24.7 Å². The van der Waals surface area contributed by atoms with Crippen LogP contribution < -0.4 is 5.32 Å². The van der Waals surface area contributed by atoms with E-state index in [2.05, 4.69) is 5.32 Å². The molecule has 22 heavy (non-hydrogen) atoms. The quantitative estimate of drug-likeness (QED) is 0.925. The molecule has 1 N–H and O–H groups in total. The first-order valence-electron chi connectivity index (χ1n) is 7.45. The Morgan fingerprint density at radius 3 is 2.77 bits per heavy atom. The highest BCUT2D eigenvalue weighted by molar-refractivity contribution is 6.30. The van der Waals surface area contributed by atoms with E-state index in [1.165, 1.54) is 7.11 Å². The Bertz CT molecular complexity index is 519.